The predicted octanol–water partition coefficient (Wildman–Crippen LogP) is 0.902. The molecule has 7 heteroatoms. The van der Waals surface area contributed by atoms with Gasteiger partial charge in [-0.15, -0.1) is 0 Å². The van der Waals surface area contributed by atoms with Gasteiger partial charge in [0.25, 0.3) is 10.2 Å². The molecule has 0 spiro atoms. The topological polar surface area (TPSA) is 77.9 Å². The molecule has 1 rings (SSSR count). The second kappa shape index (κ2) is 5.54. The molecule has 0 saturated carbocycles. The highest BCUT2D eigenvalue weighted by Crippen LogP contribution is 2.32. The van der Waals surface area contributed by atoms with E-state index in [-0.39, 0.29) is 6.54 Å². The Morgan fingerprint density at radius 1 is 1.50 bits per heavy atom. The molecule has 1 saturated heterocycles. The smallest absolute Gasteiger partial charge is 0.324 e. The normalized spacial score (nSPS) is 25.8. The molecule has 0 bridgehead atoms. The summed E-state index contributed by atoms with van der Waals surface area (Å²) in [6.07, 6.45) is 2.62. The number of carboxylic acid groups (broad SMARTS) is 1. The minimum Gasteiger partial charge on any atom is -0.480 e. The molecule has 18 heavy (non-hydrogen) atoms. The molecule has 106 valence electrons. The summed E-state index contributed by atoms with van der Waals surface area (Å²) in [5.41, 5.74) is -1.31. The first-order chi connectivity index (χ1) is 8.26. The zero-order valence-electron chi connectivity index (χ0n) is 11.2. The summed E-state index contributed by atoms with van der Waals surface area (Å²) in [6, 6.07) is 0. The van der Waals surface area contributed by atoms with Gasteiger partial charge in [0.2, 0.25) is 0 Å². The third-order valence-electron chi connectivity index (χ3n) is 3.53. The molecular weight excluding hydrogens is 256 g/mol. The van der Waals surface area contributed by atoms with E-state index in [2.05, 4.69) is 0 Å². The van der Waals surface area contributed by atoms with Gasteiger partial charge in [-0.2, -0.15) is 17.0 Å². The van der Waals surface area contributed by atoms with E-state index in [1.165, 1.54) is 18.3 Å². The number of carbonyl (C=O) groups is 1. The molecule has 0 aromatic carbocycles. The number of unbranched alkanes of at least 4 members (excludes halogenated alkanes) is 1. The van der Waals surface area contributed by atoms with Crippen LogP contribution in [0.2, 0.25) is 0 Å². The van der Waals surface area contributed by atoms with Gasteiger partial charge in [0.05, 0.1) is 0 Å². The van der Waals surface area contributed by atoms with Gasteiger partial charge in [-0.05, 0) is 26.2 Å². The summed E-state index contributed by atoms with van der Waals surface area (Å²) in [6.45, 7) is 4.16. The van der Waals surface area contributed by atoms with Crippen molar-refractivity contribution in [1.29, 1.82) is 0 Å². The lowest BCUT2D eigenvalue weighted by atomic mass is 10.0. The fraction of sp³-hybridized carbons (Fsp3) is 0.909. The van der Waals surface area contributed by atoms with E-state index >= 15 is 0 Å². The molecule has 0 amide bonds. The van der Waals surface area contributed by atoms with Crippen LogP contribution in [0.25, 0.3) is 0 Å². The van der Waals surface area contributed by atoms with Gasteiger partial charge in [-0.1, -0.05) is 13.3 Å². The maximum Gasteiger partial charge on any atom is 0.324 e. The minimum absolute atomic E-state index is 0.279. The number of hydrogen-bond donors (Lipinski definition) is 1. The van der Waals surface area contributed by atoms with Crippen molar-refractivity contribution in [3.05, 3.63) is 0 Å². The van der Waals surface area contributed by atoms with Crippen LogP contribution in [0.15, 0.2) is 0 Å². The fourth-order valence-corrected chi connectivity index (χ4v) is 3.92. The number of rotatable bonds is 6. The Balaban J connectivity index is 2.94. The molecule has 1 fully saturated rings. The van der Waals surface area contributed by atoms with Crippen LogP contribution < -0.4 is 0 Å². The zero-order chi connectivity index (χ0) is 14.0. The Labute approximate surface area is 109 Å². The van der Waals surface area contributed by atoms with E-state index in [0.717, 1.165) is 17.1 Å². The van der Waals surface area contributed by atoms with Crippen LogP contribution in [0.1, 0.15) is 39.5 Å². The summed E-state index contributed by atoms with van der Waals surface area (Å²) >= 11 is 0. The van der Waals surface area contributed by atoms with Crippen LogP contribution >= 0.6 is 0 Å². The maximum absolute atomic E-state index is 12.3. The number of carboxylic acids is 1. The Hall–Kier alpha value is -0.660. The van der Waals surface area contributed by atoms with Crippen molar-refractivity contribution in [1.82, 2.24) is 8.61 Å². The third kappa shape index (κ3) is 2.67. The largest absolute Gasteiger partial charge is 0.480 e. The second-order valence-corrected chi connectivity index (χ2v) is 6.90. The molecule has 0 radical (unpaired) electrons. The van der Waals surface area contributed by atoms with Crippen LogP contribution in [0.5, 0.6) is 0 Å². The third-order valence-corrected chi connectivity index (χ3v) is 5.65. The van der Waals surface area contributed by atoms with Crippen LogP contribution in [0.4, 0.5) is 0 Å². The molecule has 0 aromatic heterocycles. The summed E-state index contributed by atoms with van der Waals surface area (Å²) in [5, 5.41) is 9.24. The molecule has 1 aliphatic rings. The summed E-state index contributed by atoms with van der Waals surface area (Å²) in [4.78, 5) is 11.3. The lowest BCUT2D eigenvalue weighted by Crippen LogP contribution is -2.54. The molecule has 1 aliphatic heterocycles. The van der Waals surface area contributed by atoms with Gasteiger partial charge < -0.3 is 5.11 Å². The summed E-state index contributed by atoms with van der Waals surface area (Å²) in [5.74, 6) is -1.08. The molecular formula is C11H22N2O4S. The van der Waals surface area contributed by atoms with Crippen molar-refractivity contribution in [3.8, 4) is 0 Å². The Morgan fingerprint density at radius 3 is 2.61 bits per heavy atom. The number of nitrogens with zero attached hydrogens (tertiary/aromatic N) is 2. The van der Waals surface area contributed by atoms with Crippen molar-refractivity contribution in [2.75, 3.05) is 20.1 Å². The van der Waals surface area contributed by atoms with Gasteiger partial charge in [0.15, 0.2) is 0 Å². The van der Waals surface area contributed by atoms with Gasteiger partial charge in [0.1, 0.15) is 5.54 Å². The fourth-order valence-electron chi connectivity index (χ4n) is 2.19. The standard InChI is InChI=1S/C11H22N2O4S/c1-4-5-8-12(3)18(16,17)13-9-6-7-11(13,2)10(14)15/h4-9H2,1-3H3,(H,14,15). The van der Waals surface area contributed by atoms with Crippen molar-refractivity contribution in [2.24, 2.45) is 0 Å². The quantitative estimate of drug-likeness (QED) is 0.783. The van der Waals surface area contributed by atoms with Crippen LogP contribution in [-0.4, -0.2) is 53.8 Å². The van der Waals surface area contributed by atoms with Crippen LogP contribution in [0.3, 0.4) is 0 Å². The molecule has 6 nitrogen and oxygen atoms in total. The molecule has 0 aromatic rings. The highest BCUT2D eigenvalue weighted by molar-refractivity contribution is 7.86. The molecule has 0 aliphatic carbocycles. The molecule has 1 atom stereocenters. The average molecular weight is 278 g/mol. The van der Waals surface area contributed by atoms with Crippen LogP contribution in [-0.2, 0) is 15.0 Å². The summed E-state index contributed by atoms with van der Waals surface area (Å²) < 4.78 is 27.1. The first-order valence-corrected chi connectivity index (χ1v) is 7.64. The van der Waals surface area contributed by atoms with Crippen molar-refractivity contribution in [2.45, 2.75) is 45.1 Å². The number of aliphatic carboxylic acids is 1. The van der Waals surface area contributed by atoms with E-state index in [9.17, 15) is 18.3 Å². The maximum atomic E-state index is 12.3. The SMILES string of the molecule is CCCCN(C)S(=O)(=O)N1CCCC1(C)C(=O)O. The highest BCUT2D eigenvalue weighted by atomic mass is 32.2. The first kappa shape index (κ1) is 15.4. The Kier molecular flexibility index (Phi) is 4.74. The van der Waals surface area contributed by atoms with E-state index < -0.39 is 21.7 Å². The van der Waals surface area contributed by atoms with E-state index in [0.29, 0.717) is 19.4 Å². The van der Waals surface area contributed by atoms with E-state index in [1.54, 1.807) is 0 Å². The second-order valence-electron chi connectivity index (χ2n) is 4.94. The molecule has 1 N–H and O–H groups in total. The lowest BCUT2D eigenvalue weighted by Gasteiger charge is -2.33. The Bertz CT molecular complexity index is 409. The van der Waals surface area contributed by atoms with Crippen molar-refractivity contribution in [3.63, 3.8) is 0 Å². The van der Waals surface area contributed by atoms with Gasteiger partial charge in [-0.25, -0.2) is 0 Å². The first-order valence-electron chi connectivity index (χ1n) is 6.24. The highest BCUT2D eigenvalue weighted by Gasteiger charge is 2.50. The summed E-state index contributed by atoms with van der Waals surface area (Å²) in [7, 11) is -2.17. The van der Waals surface area contributed by atoms with Gasteiger partial charge in [-0.3, -0.25) is 4.79 Å². The van der Waals surface area contributed by atoms with Crippen LogP contribution in [0, 0.1) is 0 Å². The van der Waals surface area contributed by atoms with Gasteiger partial charge >= 0.3 is 5.97 Å². The zero-order valence-corrected chi connectivity index (χ0v) is 12.0. The lowest BCUT2D eigenvalue weighted by molar-refractivity contribution is -0.146. The minimum atomic E-state index is -3.68. The Morgan fingerprint density at radius 2 is 2.11 bits per heavy atom. The van der Waals surface area contributed by atoms with Gasteiger partial charge in [0, 0.05) is 20.1 Å². The number of hydrogen-bond acceptors (Lipinski definition) is 3. The molecule has 1 heterocycles. The van der Waals surface area contributed by atoms with E-state index in [4.69, 9.17) is 0 Å². The molecule has 1 unspecified atom stereocenters. The van der Waals surface area contributed by atoms with Crippen molar-refractivity contribution < 1.29 is 18.3 Å². The van der Waals surface area contributed by atoms with E-state index in [1.807, 2.05) is 6.92 Å². The van der Waals surface area contributed by atoms with Crippen molar-refractivity contribution >= 4 is 16.2 Å². The average Bonchev–Trinajstić information content (AvgIpc) is 2.70. The monoisotopic (exact) mass is 278 g/mol. The predicted molar refractivity (Wildman–Crippen MR) is 68.4 cm³/mol.